The smallest absolute Gasteiger partial charge is 0.103 e. The third-order valence-electron chi connectivity index (χ3n) is 5.19. The molecule has 2 saturated heterocycles. The first-order chi connectivity index (χ1) is 8.12. The van der Waals surface area contributed by atoms with Crippen molar-refractivity contribution in [3.63, 3.8) is 0 Å². The molecular formula is C15H22O2. The summed E-state index contributed by atoms with van der Waals surface area (Å²) in [5.41, 5.74) is 2.01. The van der Waals surface area contributed by atoms with Gasteiger partial charge < -0.3 is 9.47 Å². The summed E-state index contributed by atoms with van der Waals surface area (Å²) < 4.78 is 11.3. The predicted molar refractivity (Wildman–Crippen MR) is 65.8 cm³/mol. The average Bonchev–Trinajstić information content (AvgIpc) is 3.12. The Hall–Kier alpha value is -0.340. The van der Waals surface area contributed by atoms with Crippen LogP contribution in [0.3, 0.4) is 0 Å². The van der Waals surface area contributed by atoms with E-state index < -0.39 is 0 Å². The molecule has 5 atom stereocenters. The van der Waals surface area contributed by atoms with Crippen molar-refractivity contribution in [3.8, 4) is 0 Å². The van der Waals surface area contributed by atoms with Gasteiger partial charge in [-0.3, -0.25) is 0 Å². The monoisotopic (exact) mass is 234 g/mol. The van der Waals surface area contributed by atoms with E-state index in [1.54, 1.807) is 5.57 Å². The molecule has 0 spiro atoms. The lowest BCUT2D eigenvalue weighted by Gasteiger charge is -2.33. The van der Waals surface area contributed by atoms with Gasteiger partial charge in [-0.1, -0.05) is 25.5 Å². The maximum Gasteiger partial charge on any atom is 0.103 e. The van der Waals surface area contributed by atoms with Crippen LogP contribution in [-0.2, 0) is 9.47 Å². The van der Waals surface area contributed by atoms with Gasteiger partial charge in [0.2, 0.25) is 0 Å². The summed E-state index contributed by atoms with van der Waals surface area (Å²) in [7, 11) is 0. The summed E-state index contributed by atoms with van der Waals surface area (Å²) in [5.74, 6) is 0.861. The van der Waals surface area contributed by atoms with Crippen LogP contribution in [0.2, 0.25) is 0 Å². The van der Waals surface area contributed by atoms with Gasteiger partial charge in [-0.05, 0) is 43.4 Å². The number of rotatable bonds is 2. The van der Waals surface area contributed by atoms with Crippen molar-refractivity contribution in [3.05, 3.63) is 11.6 Å². The Morgan fingerprint density at radius 1 is 1.18 bits per heavy atom. The minimum Gasteiger partial charge on any atom is -0.370 e. The van der Waals surface area contributed by atoms with Crippen LogP contribution >= 0.6 is 0 Å². The summed E-state index contributed by atoms with van der Waals surface area (Å²) in [4.78, 5) is 0. The van der Waals surface area contributed by atoms with Crippen LogP contribution in [0.4, 0.5) is 0 Å². The molecule has 5 unspecified atom stereocenters. The van der Waals surface area contributed by atoms with Gasteiger partial charge in [-0.15, -0.1) is 0 Å². The highest BCUT2D eigenvalue weighted by atomic mass is 16.6. The normalized spacial score (nSPS) is 50.0. The highest BCUT2D eigenvalue weighted by molar-refractivity contribution is 5.25. The van der Waals surface area contributed by atoms with Gasteiger partial charge in [0.15, 0.2) is 0 Å². The first-order valence-electron chi connectivity index (χ1n) is 7.14. The van der Waals surface area contributed by atoms with Gasteiger partial charge >= 0.3 is 0 Å². The lowest BCUT2D eigenvalue weighted by Crippen LogP contribution is -2.25. The van der Waals surface area contributed by atoms with E-state index in [1.807, 2.05) is 0 Å². The molecule has 2 aliphatic carbocycles. The van der Waals surface area contributed by atoms with Crippen LogP contribution in [0.25, 0.3) is 0 Å². The highest BCUT2D eigenvalue weighted by Gasteiger charge is 2.48. The zero-order valence-electron chi connectivity index (χ0n) is 10.8. The van der Waals surface area contributed by atoms with Crippen molar-refractivity contribution in [1.29, 1.82) is 0 Å². The molecule has 0 aromatic rings. The zero-order chi connectivity index (χ0) is 11.6. The summed E-state index contributed by atoms with van der Waals surface area (Å²) in [5, 5.41) is 0. The Bertz CT molecular complexity index is 371. The van der Waals surface area contributed by atoms with E-state index in [4.69, 9.17) is 9.47 Å². The molecule has 17 heavy (non-hydrogen) atoms. The number of ether oxygens (including phenoxy) is 2. The Kier molecular flexibility index (Phi) is 2.09. The second kappa shape index (κ2) is 3.36. The average molecular weight is 234 g/mol. The number of fused-ring (bicyclic) bond motifs is 2. The van der Waals surface area contributed by atoms with Crippen molar-refractivity contribution < 1.29 is 9.47 Å². The van der Waals surface area contributed by atoms with E-state index in [2.05, 4.69) is 19.9 Å². The van der Waals surface area contributed by atoms with Crippen molar-refractivity contribution >= 4 is 0 Å². The molecule has 4 aliphatic rings. The van der Waals surface area contributed by atoms with Crippen LogP contribution in [0, 0.1) is 11.3 Å². The maximum absolute atomic E-state index is 5.66. The second-order valence-electron chi connectivity index (χ2n) is 7.02. The number of allylic oxidation sites excluding steroid dienone is 1. The van der Waals surface area contributed by atoms with E-state index in [-0.39, 0.29) is 0 Å². The Balaban J connectivity index is 1.46. The van der Waals surface area contributed by atoms with Crippen LogP contribution in [-0.4, -0.2) is 24.4 Å². The van der Waals surface area contributed by atoms with Crippen LogP contribution in [0.5, 0.6) is 0 Å². The summed E-state index contributed by atoms with van der Waals surface area (Å²) in [6, 6.07) is 0. The summed E-state index contributed by atoms with van der Waals surface area (Å²) in [6.45, 7) is 4.77. The van der Waals surface area contributed by atoms with Gasteiger partial charge in [-0.2, -0.15) is 0 Å². The SMILES string of the molecule is CC1(C)CC2OC2C=C1CC1CCC2OC2C1. The minimum absolute atomic E-state index is 0.360. The van der Waals surface area contributed by atoms with Crippen LogP contribution < -0.4 is 0 Å². The predicted octanol–water partition coefficient (Wildman–Crippen LogP) is 3.07. The molecule has 4 rings (SSSR count). The number of hydrogen-bond donors (Lipinski definition) is 0. The second-order valence-corrected chi connectivity index (χ2v) is 7.02. The van der Waals surface area contributed by atoms with Crippen LogP contribution in [0.1, 0.15) is 46.0 Å². The Morgan fingerprint density at radius 3 is 2.88 bits per heavy atom. The molecule has 0 amide bonds. The highest BCUT2D eigenvalue weighted by Crippen LogP contribution is 2.49. The lowest BCUT2D eigenvalue weighted by molar-refractivity contribution is 0.296. The fraction of sp³-hybridized carbons (Fsp3) is 0.867. The Morgan fingerprint density at radius 2 is 2.06 bits per heavy atom. The molecular weight excluding hydrogens is 212 g/mol. The molecule has 94 valence electrons. The molecule has 0 aromatic carbocycles. The molecule has 2 aliphatic heterocycles. The molecule has 2 nitrogen and oxygen atoms in total. The van der Waals surface area contributed by atoms with Gasteiger partial charge in [0.25, 0.3) is 0 Å². The summed E-state index contributed by atoms with van der Waals surface area (Å²) >= 11 is 0. The quantitative estimate of drug-likeness (QED) is 0.542. The zero-order valence-corrected chi connectivity index (χ0v) is 10.8. The number of epoxide rings is 2. The molecule has 2 heteroatoms. The van der Waals surface area contributed by atoms with Gasteiger partial charge in [-0.25, -0.2) is 0 Å². The van der Waals surface area contributed by atoms with E-state index in [0.29, 0.717) is 29.8 Å². The van der Waals surface area contributed by atoms with E-state index in [9.17, 15) is 0 Å². The fourth-order valence-corrected chi connectivity index (χ4v) is 3.85. The molecule has 0 radical (unpaired) electrons. The molecule has 0 aromatic heterocycles. The lowest BCUT2D eigenvalue weighted by atomic mass is 9.71. The topological polar surface area (TPSA) is 25.1 Å². The molecule has 3 fully saturated rings. The van der Waals surface area contributed by atoms with Gasteiger partial charge in [0.1, 0.15) is 6.10 Å². The Labute approximate surface area is 103 Å². The first kappa shape index (κ1) is 10.6. The molecule has 2 heterocycles. The van der Waals surface area contributed by atoms with Crippen LogP contribution in [0.15, 0.2) is 11.6 Å². The minimum atomic E-state index is 0.360. The van der Waals surface area contributed by atoms with Crippen molar-refractivity contribution in [2.24, 2.45) is 11.3 Å². The standard InChI is InChI=1S/C15H22O2/c1-15(2)8-14-13(17-14)7-10(15)5-9-3-4-11-12(6-9)16-11/h7,9,11-14H,3-6,8H2,1-2H3. The third-order valence-corrected chi connectivity index (χ3v) is 5.19. The molecule has 0 N–H and O–H groups in total. The van der Waals surface area contributed by atoms with Crippen molar-refractivity contribution in [1.82, 2.24) is 0 Å². The number of hydrogen-bond acceptors (Lipinski definition) is 2. The summed E-state index contributed by atoms with van der Waals surface area (Å²) in [6.07, 6.45) is 11.1. The van der Waals surface area contributed by atoms with Gasteiger partial charge in [0.05, 0.1) is 18.3 Å². The largest absolute Gasteiger partial charge is 0.370 e. The maximum atomic E-state index is 5.66. The molecule has 1 saturated carbocycles. The third kappa shape index (κ3) is 1.86. The van der Waals surface area contributed by atoms with E-state index in [0.717, 1.165) is 5.92 Å². The van der Waals surface area contributed by atoms with Crippen molar-refractivity contribution in [2.45, 2.75) is 70.4 Å². The van der Waals surface area contributed by atoms with E-state index >= 15 is 0 Å². The van der Waals surface area contributed by atoms with Crippen molar-refractivity contribution in [2.75, 3.05) is 0 Å². The molecule has 0 bridgehead atoms. The first-order valence-corrected chi connectivity index (χ1v) is 7.14. The fourth-order valence-electron chi connectivity index (χ4n) is 3.85. The van der Waals surface area contributed by atoms with Gasteiger partial charge in [0, 0.05) is 0 Å². The van der Waals surface area contributed by atoms with E-state index in [1.165, 1.54) is 32.1 Å².